The summed E-state index contributed by atoms with van der Waals surface area (Å²) in [4.78, 5) is 37.9. The number of nitrogen functional groups attached to an aromatic ring is 1. The van der Waals surface area contributed by atoms with Gasteiger partial charge in [-0.15, -0.1) is 0 Å². The Kier molecular flexibility index (Phi) is 11.8. The molecule has 0 unspecified atom stereocenters. The third-order valence-electron chi connectivity index (χ3n) is 9.12. The van der Waals surface area contributed by atoms with Crippen LogP contribution in [0.2, 0.25) is 5.15 Å². The van der Waals surface area contributed by atoms with Crippen molar-refractivity contribution in [3.8, 4) is 0 Å². The lowest BCUT2D eigenvalue weighted by molar-refractivity contribution is 0.00800. The molecule has 0 aromatic carbocycles. The largest absolute Gasteiger partial charge is 0.444 e. The van der Waals surface area contributed by atoms with Crippen molar-refractivity contribution in [1.29, 1.82) is 0 Å². The number of piperidine rings is 2. The van der Waals surface area contributed by atoms with Gasteiger partial charge >= 0.3 is 12.2 Å². The average Bonchev–Trinajstić information content (AvgIpc) is 3.66. The first-order valence-corrected chi connectivity index (χ1v) is 17.9. The fourth-order valence-corrected chi connectivity index (χ4v) is 6.57. The van der Waals surface area contributed by atoms with Crippen LogP contribution in [0.3, 0.4) is 0 Å². The van der Waals surface area contributed by atoms with E-state index in [1.807, 2.05) is 81.4 Å². The first-order chi connectivity index (χ1) is 23.3. The van der Waals surface area contributed by atoms with Crippen LogP contribution in [0.1, 0.15) is 126 Å². The van der Waals surface area contributed by atoms with Gasteiger partial charge in [0.2, 0.25) is 0 Å². The number of hydrogen-bond acceptors (Lipinski definition) is 10. The van der Waals surface area contributed by atoms with Gasteiger partial charge < -0.3 is 21.4 Å². The number of nitrogens with zero attached hydrogens (tertiary/aromatic N) is 8. The van der Waals surface area contributed by atoms with Crippen LogP contribution < -0.4 is 11.9 Å². The monoisotopic (exact) mass is 726 g/mol. The molecule has 5 N–H and O–H groups in total. The smallest absolute Gasteiger partial charge is 0.410 e. The first kappa shape index (κ1) is 39.6. The Balaban J connectivity index is 0.000000224. The topological polar surface area (TPSA) is 180 Å². The maximum absolute atomic E-state index is 12.6. The third-order valence-corrected chi connectivity index (χ3v) is 9.56. The second kappa shape index (κ2) is 15.2. The number of hydrogen-bond donors (Lipinski definition) is 2. The van der Waals surface area contributed by atoms with Gasteiger partial charge in [0.05, 0.1) is 23.5 Å². The highest BCUT2D eigenvalue weighted by atomic mass is 35.5. The summed E-state index contributed by atoms with van der Waals surface area (Å²) >= 11 is 6.42. The van der Waals surface area contributed by atoms with Gasteiger partial charge in [-0.05, 0) is 108 Å². The maximum Gasteiger partial charge on any atom is 0.410 e. The van der Waals surface area contributed by atoms with Crippen LogP contribution in [-0.2, 0) is 9.47 Å². The minimum absolute atomic E-state index is 0. The third kappa shape index (κ3) is 8.83. The Hall–Kier alpha value is -4.17. The molecular formula is C36H55ClN10O4. The number of ether oxygens (including phenoxy) is 2. The molecule has 15 heteroatoms. The predicted molar refractivity (Wildman–Crippen MR) is 198 cm³/mol. The number of aromatic nitrogens is 6. The Morgan fingerprint density at radius 2 is 1.14 bits per heavy atom. The zero-order chi connectivity index (χ0) is 36.7. The molecule has 0 radical (unpaired) electrons. The first-order valence-electron chi connectivity index (χ1n) is 17.5. The molecule has 0 spiro atoms. The highest BCUT2D eigenvalue weighted by Gasteiger charge is 2.35. The predicted octanol–water partition coefficient (Wildman–Crippen LogP) is 8.01. The van der Waals surface area contributed by atoms with Gasteiger partial charge in [-0.3, -0.25) is 9.80 Å². The van der Waals surface area contributed by atoms with Crippen molar-refractivity contribution in [3.05, 3.63) is 51.2 Å². The SMILES string of the molecule is Cc1nc2cc([C@@H]3CCCCN3C(=O)OC(C)(C)C)nn2c(Cl)c1C.Cc1nc2cc([C@@H]3CCCCN3C(=O)OC(C)(C)C)nn2c(N)c1C.N. The molecule has 280 valence electrons. The fourth-order valence-electron chi connectivity index (χ4n) is 6.30. The summed E-state index contributed by atoms with van der Waals surface area (Å²) < 4.78 is 14.5. The molecule has 2 saturated heterocycles. The molecule has 2 aliphatic rings. The maximum atomic E-state index is 12.6. The molecule has 51 heavy (non-hydrogen) atoms. The standard InChI is InChI=1S/C18H25ClN4O2.C18H27N5O2.H3N/c2*1-11-12(2)20-15-10-13(21-23(15)16(11)19)14-8-6-7-9-22(14)17(24)25-18(3,4)5;/h10,14H,6-9H2,1-5H3;10,14H,6-9,19H2,1-5H3;1H3/t2*14-;/m00./s1. The number of nitrogens with two attached hydrogens (primary N) is 1. The lowest BCUT2D eigenvalue weighted by Gasteiger charge is -2.35. The van der Waals surface area contributed by atoms with Crippen molar-refractivity contribution < 1.29 is 19.1 Å². The van der Waals surface area contributed by atoms with Crippen molar-refractivity contribution in [1.82, 2.24) is 45.1 Å². The van der Waals surface area contributed by atoms with Gasteiger partial charge in [0.25, 0.3) is 0 Å². The Morgan fingerprint density at radius 3 is 1.59 bits per heavy atom. The van der Waals surface area contributed by atoms with Gasteiger partial charge in [0.15, 0.2) is 11.3 Å². The van der Waals surface area contributed by atoms with Crippen LogP contribution in [0.4, 0.5) is 15.4 Å². The Labute approximate surface area is 305 Å². The van der Waals surface area contributed by atoms with Gasteiger partial charge in [0.1, 0.15) is 22.2 Å². The van der Waals surface area contributed by atoms with Gasteiger partial charge in [-0.2, -0.15) is 14.7 Å². The molecule has 6 heterocycles. The molecule has 0 aliphatic carbocycles. The van der Waals surface area contributed by atoms with Crippen LogP contribution >= 0.6 is 11.6 Å². The van der Waals surface area contributed by atoms with E-state index in [0.717, 1.165) is 72.4 Å². The lowest BCUT2D eigenvalue weighted by atomic mass is 10.00. The van der Waals surface area contributed by atoms with Crippen molar-refractivity contribution in [3.63, 3.8) is 0 Å². The summed E-state index contributed by atoms with van der Waals surface area (Å²) in [5, 5.41) is 9.85. The number of amides is 2. The molecule has 4 aromatic rings. The molecule has 2 aliphatic heterocycles. The number of aryl methyl sites for hydroxylation is 2. The van der Waals surface area contributed by atoms with Crippen molar-refractivity contribution >= 4 is 40.9 Å². The molecule has 2 fully saturated rings. The van der Waals surface area contributed by atoms with Crippen LogP contribution in [-0.4, -0.2) is 75.5 Å². The molecular weight excluding hydrogens is 672 g/mol. The molecule has 14 nitrogen and oxygen atoms in total. The molecule has 2 amide bonds. The summed E-state index contributed by atoms with van der Waals surface area (Å²) in [5.74, 6) is 0.591. The Bertz CT molecular complexity index is 1750. The van der Waals surface area contributed by atoms with Crippen molar-refractivity contribution in [2.75, 3.05) is 18.8 Å². The van der Waals surface area contributed by atoms with E-state index in [9.17, 15) is 9.59 Å². The number of carbonyl (C=O) groups is 2. The van der Waals surface area contributed by atoms with E-state index in [1.54, 1.807) is 18.8 Å². The molecule has 0 bridgehead atoms. The molecule has 0 saturated carbocycles. The highest BCUT2D eigenvalue weighted by molar-refractivity contribution is 6.30. The summed E-state index contributed by atoms with van der Waals surface area (Å²) in [6, 6.07) is 3.63. The zero-order valence-corrected chi connectivity index (χ0v) is 32.6. The fraction of sp³-hybridized carbons (Fsp3) is 0.611. The minimum Gasteiger partial charge on any atom is -0.444 e. The number of carbonyl (C=O) groups excluding carboxylic acids is 2. The normalized spacial score (nSPS) is 18.3. The van der Waals surface area contributed by atoms with Gasteiger partial charge in [-0.1, -0.05) is 11.6 Å². The number of fused-ring (bicyclic) bond motifs is 2. The highest BCUT2D eigenvalue weighted by Crippen LogP contribution is 2.34. The van der Waals surface area contributed by atoms with Crippen LogP contribution in [0.15, 0.2) is 12.1 Å². The second-order valence-corrected chi connectivity index (χ2v) is 15.7. The lowest BCUT2D eigenvalue weighted by Crippen LogP contribution is -2.42. The molecule has 2 atom stereocenters. The molecule has 4 aromatic heterocycles. The van der Waals surface area contributed by atoms with E-state index in [1.165, 1.54) is 0 Å². The van der Waals surface area contributed by atoms with Crippen LogP contribution in [0.5, 0.6) is 0 Å². The Morgan fingerprint density at radius 1 is 0.725 bits per heavy atom. The van der Waals surface area contributed by atoms with E-state index >= 15 is 0 Å². The average molecular weight is 727 g/mol. The second-order valence-electron chi connectivity index (χ2n) is 15.4. The summed E-state index contributed by atoms with van der Waals surface area (Å²) in [6.45, 7) is 20.4. The van der Waals surface area contributed by atoms with Crippen molar-refractivity contribution in [2.24, 2.45) is 0 Å². The van der Waals surface area contributed by atoms with Crippen LogP contribution in [0, 0.1) is 27.7 Å². The van der Waals surface area contributed by atoms with E-state index in [4.69, 9.17) is 26.8 Å². The van der Waals surface area contributed by atoms with E-state index < -0.39 is 11.2 Å². The van der Waals surface area contributed by atoms with E-state index in [0.29, 0.717) is 35.4 Å². The zero-order valence-electron chi connectivity index (χ0n) is 31.8. The number of rotatable bonds is 2. The van der Waals surface area contributed by atoms with Crippen molar-refractivity contribution in [2.45, 2.75) is 131 Å². The minimum atomic E-state index is -0.517. The summed E-state index contributed by atoms with van der Waals surface area (Å²) in [6.07, 6.45) is 5.20. The number of likely N-dealkylation sites (tertiary alicyclic amines) is 2. The number of halogens is 1. The van der Waals surface area contributed by atoms with E-state index in [-0.39, 0.29) is 30.4 Å². The summed E-state index contributed by atoms with van der Waals surface area (Å²) in [7, 11) is 0. The number of anilines is 1. The quantitative estimate of drug-likeness (QED) is 0.192. The van der Waals surface area contributed by atoms with Crippen LogP contribution in [0.25, 0.3) is 11.3 Å². The summed E-state index contributed by atoms with van der Waals surface area (Å²) in [5.41, 5.74) is 11.8. The van der Waals surface area contributed by atoms with Gasteiger partial charge in [-0.25, -0.2) is 24.1 Å². The van der Waals surface area contributed by atoms with Gasteiger partial charge in [0, 0.05) is 47.7 Å². The molecule has 6 rings (SSSR count). The van der Waals surface area contributed by atoms with E-state index in [2.05, 4.69) is 20.2 Å².